The van der Waals surface area contributed by atoms with Crippen LogP contribution in [0.4, 0.5) is 0 Å². The van der Waals surface area contributed by atoms with Crippen LogP contribution in [0.25, 0.3) is 0 Å². The highest BCUT2D eigenvalue weighted by atomic mass is 16.1. The minimum atomic E-state index is 0.578. The Hall–Kier alpha value is -1.91. The number of hydrogen-bond acceptors (Lipinski definition) is 3. The summed E-state index contributed by atoms with van der Waals surface area (Å²) in [4.78, 5) is 12.1. The number of aryl methyl sites for hydroxylation is 1. The lowest BCUT2D eigenvalue weighted by molar-refractivity contribution is 0.111. The van der Waals surface area contributed by atoms with Crippen LogP contribution in [0.1, 0.15) is 16.2 Å². The molecule has 0 aliphatic rings. The van der Waals surface area contributed by atoms with E-state index in [0.717, 1.165) is 12.0 Å². The molecule has 0 aromatic carbocycles. The third-order valence-corrected chi connectivity index (χ3v) is 1.96. The maximum Gasteiger partial charge on any atom is 0.166 e. The summed E-state index contributed by atoms with van der Waals surface area (Å²) < 4.78 is 1.83. The fraction of sp³-hybridized carbons (Fsp3) is 0.222. The first kappa shape index (κ1) is 8.68. The van der Waals surface area contributed by atoms with E-state index in [1.54, 1.807) is 19.3 Å². The van der Waals surface area contributed by atoms with Crippen molar-refractivity contribution in [2.24, 2.45) is 7.05 Å². The van der Waals surface area contributed by atoms with E-state index in [2.05, 4.69) is 10.2 Å². The number of rotatable bonds is 3. The van der Waals surface area contributed by atoms with Crippen LogP contribution in [0.3, 0.4) is 0 Å². The SMILES string of the molecule is Cn1ncc(Cn2cccc2C=O)n1. The van der Waals surface area contributed by atoms with Crippen molar-refractivity contribution in [2.75, 3.05) is 0 Å². The minimum absolute atomic E-state index is 0.578. The number of aromatic nitrogens is 4. The Labute approximate surface area is 81.0 Å². The Morgan fingerprint density at radius 2 is 2.43 bits per heavy atom. The maximum absolute atomic E-state index is 10.6. The highest BCUT2D eigenvalue weighted by Gasteiger charge is 2.02. The van der Waals surface area contributed by atoms with Crippen LogP contribution in [0.5, 0.6) is 0 Å². The van der Waals surface area contributed by atoms with Gasteiger partial charge in [0.2, 0.25) is 0 Å². The lowest BCUT2D eigenvalue weighted by Crippen LogP contribution is -2.03. The van der Waals surface area contributed by atoms with Gasteiger partial charge in [0.25, 0.3) is 0 Å². The fourth-order valence-corrected chi connectivity index (χ4v) is 1.31. The zero-order chi connectivity index (χ0) is 9.97. The van der Waals surface area contributed by atoms with Gasteiger partial charge in [0, 0.05) is 13.2 Å². The van der Waals surface area contributed by atoms with E-state index in [1.807, 2.05) is 16.8 Å². The smallest absolute Gasteiger partial charge is 0.166 e. The van der Waals surface area contributed by atoms with Crippen LogP contribution < -0.4 is 0 Å². The Morgan fingerprint density at radius 3 is 3.07 bits per heavy atom. The lowest BCUT2D eigenvalue weighted by Gasteiger charge is -2.00. The highest BCUT2D eigenvalue weighted by molar-refractivity contribution is 5.72. The van der Waals surface area contributed by atoms with Gasteiger partial charge in [0.05, 0.1) is 18.4 Å². The summed E-state index contributed by atoms with van der Waals surface area (Å²) in [6.07, 6.45) is 4.36. The summed E-state index contributed by atoms with van der Waals surface area (Å²) in [7, 11) is 1.76. The molecule has 0 atom stereocenters. The average molecular weight is 190 g/mol. The number of carbonyl (C=O) groups excluding carboxylic acids is 1. The molecule has 0 spiro atoms. The molecule has 5 nitrogen and oxygen atoms in total. The molecule has 0 bridgehead atoms. The predicted molar refractivity (Wildman–Crippen MR) is 49.9 cm³/mol. The topological polar surface area (TPSA) is 52.7 Å². The van der Waals surface area contributed by atoms with Crippen molar-refractivity contribution in [1.29, 1.82) is 0 Å². The third-order valence-electron chi connectivity index (χ3n) is 1.96. The van der Waals surface area contributed by atoms with Crippen LogP contribution in [0.2, 0.25) is 0 Å². The molecule has 5 heteroatoms. The molecule has 0 aliphatic heterocycles. The molecule has 0 unspecified atom stereocenters. The Morgan fingerprint density at radius 1 is 1.57 bits per heavy atom. The van der Waals surface area contributed by atoms with Gasteiger partial charge < -0.3 is 4.57 Å². The molecule has 14 heavy (non-hydrogen) atoms. The zero-order valence-electron chi connectivity index (χ0n) is 7.79. The van der Waals surface area contributed by atoms with Gasteiger partial charge in [-0.05, 0) is 12.1 Å². The first-order valence-corrected chi connectivity index (χ1v) is 4.25. The molecule has 0 aliphatic carbocycles. The van der Waals surface area contributed by atoms with Crippen molar-refractivity contribution in [2.45, 2.75) is 6.54 Å². The standard InChI is InChI=1S/C9H10N4O/c1-12-10-5-8(11-12)6-13-4-2-3-9(13)7-14/h2-5,7H,6H2,1H3. The zero-order valence-corrected chi connectivity index (χ0v) is 7.79. The largest absolute Gasteiger partial charge is 0.339 e. The van der Waals surface area contributed by atoms with E-state index in [0.29, 0.717) is 12.2 Å². The van der Waals surface area contributed by atoms with E-state index < -0.39 is 0 Å². The van der Waals surface area contributed by atoms with Crippen molar-refractivity contribution in [3.8, 4) is 0 Å². The molecule has 72 valence electrons. The maximum atomic E-state index is 10.6. The molecule has 2 rings (SSSR count). The first-order valence-electron chi connectivity index (χ1n) is 4.25. The van der Waals surface area contributed by atoms with Gasteiger partial charge in [0.15, 0.2) is 6.29 Å². The van der Waals surface area contributed by atoms with E-state index in [1.165, 1.54) is 4.80 Å². The van der Waals surface area contributed by atoms with Gasteiger partial charge in [-0.25, -0.2) is 0 Å². The molecule has 0 saturated carbocycles. The van der Waals surface area contributed by atoms with Gasteiger partial charge >= 0.3 is 0 Å². The van der Waals surface area contributed by atoms with Crippen molar-refractivity contribution in [3.05, 3.63) is 35.9 Å². The molecule has 2 heterocycles. The van der Waals surface area contributed by atoms with Gasteiger partial charge in [-0.3, -0.25) is 4.79 Å². The summed E-state index contributed by atoms with van der Waals surface area (Å²) in [5.74, 6) is 0. The highest BCUT2D eigenvalue weighted by Crippen LogP contribution is 2.02. The molecule has 0 fully saturated rings. The van der Waals surface area contributed by atoms with Gasteiger partial charge in [-0.15, -0.1) is 0 Å². The van der Waals surface area contributed by atoms with Gasteiger partial charge in [0.1, 0.15) is 5.69 Å². The van der Waals surface area contributed by atoms with Crippen molar-refractivity contribution >= 4 is 6.29 Å². The molecule has 0 radical (unpaired) electrons. The predicted octanol–water partition coefficient (Wildman–Crippen LogP) is 0.477. The molecule has 2 aromatic heterocycles. The molecular weight excluding hydrogens is 180 g/mol. The Kier molecular flexibility index (Phi) is 2.14. The molecule has 0 N–H and O–H groups in total. The minimum Gasteiger partial charge on any atom is -0.339 e. The molecule has 0 amide bonds. The first-order chi connectivity index (χ1) is 6.79. The monoisotopic (exact) mass is 190 g/mol. The van der Waals surface area contributed by atoms with E-state index in [9.17, 15) is 4.79 Å². The second-order valence-corrected chi connectivity index (χ2v) is 3.00. The Balaban J connectivity index is 2.22. The van der Waals surface area contributed by atoms with Crippen LogP contribution >= 0.6 is 0 Å². The van der Waals surface area contributed by atoms with Crippen LogP contribution in [-0.4, -0.2) is 25.8 Å². The number of carbonyl (C=O) groups is 1. The van der Waals surface area contributed by atoms with E-state index in [-0.39, 0.29) is 0 Å². The van der Waals surface area contributed by atoms with Crippen molar-refractivity contribution in [3.63, 3.8) is 0 Å². The van der Waals surface area contributed by atoms with Crippen molar-refractivity contribution in [1.82, 2.24) is 19.6 Å². The quantitative estimate of drug-likeness (QED) is 0.661. The second-order valence-electron chi connectivity index (χ2n) is 3.00. The number of hydrogen-bond donors (Lipinski definition) is 0. The summed E-state index contributed by atoms with van der Waals surface area (Å²) in [5.41, 5.74) is 1.49. The lowest BCUT2D eigenvalue weighted by atomic mass is 10.4. The summed E-state index contributed by atoms with van der Waals surface area (Å²) in [6, 6.07) is 3.60. The third kappa shape index (κ3) is 1.56. The molecular formula is C9H10N4O. The van der Waals surface area contributed by atoms with Crippen LogP contribution in [0.15, 0.2) is 24.5 Å². The van der Waals surface area contributed by atoms with Gasteiger partial charge in [-0.2, -0.15) is 15.0 Å². The molecule has 0 saturated heterocycles. The summed E-state index contributed by atoms with van der Waals surface area (Å²) >= 11 is 0. The Bertz CT molecular complexity index is 443. The van der Waals surface area contributed by atoms with E-state index >= 15 is 0 Å². The number of nitrogens with zero attached hydrogens (tertiary/aromatic N) is 4. The van der Waals surface area contributed by atoms with Crippen LogP contribution in [0, 0.1) is 0 Å². The van der Waals surface area contributed by atoms with Crippen LogP contribution in [-0.2, 0) is 13.6 Å². The average Bonchev–Trinajstić information content (AvgIpc) is 2.76. The molecule has 2 aromatic rings. The summed E-state index contributed by atoms with van der Waals surface area (Å²) in [6.45, 7) is 0.578. The summed E-state index contributed by atoms with van der Waals surface area (Å²) in [5, 5.41) is 8.09. The van der Waals surface area contributed by atoms with Gasteiger partial charge in [-0.1, -0.05) is 0 Å². The second kappa shape index (κ2) is 3.45. The normalized spacial score (nSPS) is 10.4. The van der Waals surface area contributed by atoms with Crippen molar-refractivity contribution < 1.29 is 4.79 Å². The van der Waals surface area contributed by atoms with E-state index in [4.69, 9.17) is 0 Å². The number of aldehydes is 1. The fourth-order valence-electron chi connectivity index (χ4n) is 1.31.